The van der Waals surface area contributed by atoms with E-state index in [9.17, 15) is 9.90 Å². The molecule has 0 bridgehead atoms. The maximum atomic E-state index is 12.3. The van der Waals surface area contributed by atoms with Crippen LogP contribution < -0.4 is 4.74 Å². The van der Waals surface area contributed by atoms with Crippen LogP contribution in [0.15, 0.2) is 60.7 Å². The Bertz CT molecular complexity index is 1010. The Morgan fingerprint density at radius 3 is 2.26 bits per heavy atom. The van der Waals surface area contributed by atoms with Crippen molar-refractivity contribution in [3.05, 3.63) is 88.2 Å². The number of hydrogen-bond donors (Lipinski definition) is 1. The van der Waals surface area contributed by atoms with E-state index in [1.165, 1.54) is 0 Å². The molecule has 0 radical (unpaired) electrons. The van der Waals surface area contributed by atoms with E-state index in [4.69, 9.17) is 21.1 Å². The highest BCUT2D eigenvalue weighted by molar-refractivity contribution is 6.30. The normalized spacial score (nSPS) is 13.9. The summed E-state index contributed by atoms with van der Waals surface area (Å²) in [6, 6.07) is 18.4. The van der Waals surface area contributed by atoms with E-state index < -0.39 is 17.7 Å². The van der Waals surface area contributed by atoms with Crippen LogP contribution in [0.25, 0.3) is 0 Å². The number of nitrogens with zero attached hydrogens (tertiary/aromatic N) is 2. The third-order valence-electron chi connectivity index (χ3n) is 4.96. The van der Waals surface area contributed by atoms with Gasteiger partial charge >= 0.3 is 12.0 Å². The van der Waals surface area contributed by atoms with E-state index >= 15 is 0 Å². The highest BCUT2D eigenvalue weighted by atomic mass is 35.5. The van der Waals surface area contributed by atoms with Crippen LogP contribution >= 0.6 is 11.6 Å². The number of halogens is 1. The Labute approximate surface area is 186 Å². The Kier molecular flexibility index (Phi) is 7.25. The van der Waals surface area contributed by atoms with Crippen molar-refractivity contribution in [2.24, 2.45) is 0 Å². The number of carbonyl (C=O) groups is 1. The van der Waals surface area contributed by atoms with Gasteiger partial charge in [-0.15, -0.1) is 0 Å². The number of aryl methyl sites for hydroxylation is 2. The van der Waals surface area contributed by atoms with Gasteiger partial charge in [0.05, 0.1) is 6.61 Å². The van der Waals surface area contributed by atoms with Crippen LogP contribution in [0.4, 0.5) is 0 Å². The molecule has 31 heavy (non-hydrogen) atoms. The fourth-order valence-electron chi connectivity index (χ4n) is 3.36. The van der Waals surface area contributed by atoms with Gasteiger partial charge in [0, 0.05) is 16.4 Å². The summed E-state index contributed by atoms with van der Waals surface area (Å²) in [6.45, 7) is 5.60. The molecule has 0 fully saturated rings. The van der Waals surface area contributed by atoms with Gasteiger partial charge in [-0.1, -0.05) is 54.1 Å². The second-order valence-electron chi connectivity index (χ2n) is 7.47. The highest BCUT2D eigenvalue weighted by Gasteiger charge is 2.44. The topological polar surface area (TPSA) is 81.5 Å². The summed E-state index contributed by atoms with van der Waals surface area (Å²) in [5.41, 5.74) is 1.82. The van der Waals surface area contributed by atoms with Gasteiger partial charge in [-0.3, -0.25) is 0 Å². The number of aliphatic carboxylic acids is 1. The minimum atomic E-state index is -1.36. The second-order valence-corrected chi connectivity index (χ2v) is 7.90. The van der Waals surface area contributed by atoms with Crippen molar-refractivity contribution in [2.75, 3.05) is 6.61 Å². The van der Waals surface area contributed by atoms with E-state index in [0.29, 0.717) is 28.4 Å². The molecule has 1 N–H and O–H groups in total. The summed E-state index contributed by atoms with van der Waals surface area (Å²) in [6.07, 6.45) is -0.771. The zero-order chi connectivity index (χ0) is 22.4. The summed E-state index contributed by atoms with van der Waals surface area (Å²) < 4.78 is 12.0. The fraction of sp³-hybridized carbons (Fsp3) is 0.292. The predicted molar refractivity (Wildman–Crippen MR) is 118 cm³/mol. The molecule has 0 aliphatic heterocycles. The van der Waals surface area contributed by atoms with Gasteiger partial charge in [0.15, 0.2) is 0 Å². The molecule has 0 saturated heterocycles. The predicted octanol–water partition coefficient (Wildman–Crippen LogP) is 4.75. The Hall–Kier alpha value is -2.96. The van der Waals surface area contributed by atoms with E-state index in [-0.39, 0.29) is 12.6 Å². The first-order valence-electron chi connectivity index (χ1n) is 9.93. The summed E-state index contributed by atoms with van der Waals surface area (Å²) in [4.78, 5) is 20.8. The maximum Gasteiger partial charge on any atom is 0.348 e. The standard InChI is InChI=1S/C24H25ClN2O4/c1-16-15-17(2)27-23(26-16)31-21(22(28)29)24(3,19-7-5-4-6-8-19)30-14-13-18-9-11-20(25)12-10-18/h4-12,15,21H,13-14H2,1-3H3,(H,28,29)/t21-,24?/m1/s1. The Balaban J connectivity index is 1.89. The smallest absolute Gasteiger partial charge is 0.348 e. The summed E-state index contributed by atoms with van der Waals surface area (Å²) in [5, 5.41) is 10.7. The monoisotopic (exact) mass is 440 g/mol. The summed E-state index contributed by atoms with van der Waals surface area (Å²) >= 11 is 5.95. The van der Waals surface area contributed by atoms with Gasteiger partial charge in [0.25, 0.3) is 0 Å². The largest absolute Gasteiger partial charge is 0.478 e. The quantitative estimate of drug-likeness (QED) is 0.517. The van der Waals surface area contributed by atoms with Crippen molar-refractivity contribution in [3.8, 4) is 6.01 Å². The van der Waals surface area contributed by atoms with Crippen LogP contribution in [0.2, 0.25) is 5.02 Å². The molecule has 3 aromatic rings. The van der Waals surface area contributed by atoms with Crippen molar-refractivity contribution in [1.82, 2.24) is 9.97 Å². The lowest BCUT2D eigenvalue weighted by atomic mass is 9.89. The Morgan fingerprint density at radius 1 is 1.06 bits per heavy atom. The number of benzene rings is 2. The molecule has 3 rings (SSSR count). The summed E-state index contributed by atoms with van der Waals surface area (Å²) in [7, 11) is 0. The lowest BCUT2D eigenvalue weighted by Crippen LogP contribution is -2.49. The van der Waals surface area contributed by atoms with Crippen molar-refractivity contribution in [1.29, 1.82) is 0 Å². The van der Waals surface area contributed by atoms with Crippen LogP contribution in [-0.2, 0) is 21.6 Å². The van der Waals surface area contributed by atoms with Crippen LogP contribution in [0.1, 0.15) is 29.4 Å². The second kappa shape index (κ2) is 9.90. The number of carboxylic acids is 1. The molecule has 1 unspecified atom stereocenters. The molecule has 0 spiro atoms. The molecular weight excluding hydrogens is 416 g/mol. The van der Waals surface area contributed by atoms with Gasteiger partial charge in [-0.05, 0) is 56.5 Å². The van der Waals surface area contributed by atoms with Gasteiger partial charge in [0.1, 0.15) is 5.60 Å². The summed E-state index contributed by atoms with van der Waals surface area (Å²) in [5.74, 6) is -1.17. The molecule has 0 saturated carbocycles. The molecule has 2 aromatic carbocycles. The number of carboxylic acid groups (broad SMARTS) is 1. The van der Waals surface area contributed by atoms with Crippen molar-refractivity contribution in [2.45, 2.75) is 38.9 Å². The third kappa shape index (κ3) is 5.81. The van der Waals surface area contributed by atoms with Crippen LogP contribution in [0.5, 0.6) is 6.01 Å². The molecule has 0 aliphatic carbocycles. The molecule has 6 nitrogen and oxygen atoms in total. The van der Waals surface area contributed by atoms with Gasteiger partial charge < -0.3 is 14.6 Å². The molecule has 0 aliphatic rings. The Morgan fingerprint density at radius 2 is 1.68 bits per heavy atom. The molecule has 162 valence electrons. The first kappa shape index (κ1) is 22.7. The van der Waals surface area contributed by atoms with Crippen LogP contribution in [0, 0.1) is 13.8 Å². The molecule has 1 heterocycles. The molecule has 7 heteroatoms. The van der Waals surface area contributed by atoms with Crippen LogP contribution in [0.3, 0.4) is 0 Å². The first-order chi connectivity index (χ1) is 14.8. The lowest BCUT2D eigenvalue weighted by molar-refractivity contribution is -0.168. The van der Waals surface area contributed by atoms with Crippen molar-refractivity contribution >= 4 is 17.6 Å². The average molecular weight is 441 g/mol. The number of rotatable bonds is 9. The number of aromatic nitrogens is 2. The minimum absolute atomic E-state index is 0.00774. The zero-order valence-corrected chi connectivity index (χ0v) is 18.5. The van der Waals surface area contributed by atoms with E-state index in [0.717, 1.165) is 5.56 Å². The van der Waals surface area contributed by atoms with E-state index in [1.54, 1.807) is 26.8 Å². The third-order valence-corrected chi connectivity index (χ3v) is 5.21. The molecular formula is C24H25ClN2O4. The molecule has 2 atom stereocenters. The highest BCUT2D eigenvalue weighted by Crippen LogP contribution is 2.32. The van der Waals surface area contributed by atoms with Crippen molar-refractivity contribution in [3.63, 3.8) is 0 Å². The van der Waals surface area contributed by atoms with Gasteiger partial charge in [0.2, 0.25) is 6.10 Å². The van der Waals surface area contributed by atoms with Crippen molar-refractivity contribution < 1.29 is 19.4 Å². The zero-order valence-electron chi connectivity index (χ0n) is 17.7. The minimum Gasteiger partial charge on any atom is -0.478 e. The number of ether oxygens (including phenoxy) is 2. The maximum absolute atomic E-state index is 12.3. The van der Waals surface area contributed by atoms with E-state index in [1.807, 2.05) is 54.6 Å². The van der Waals surface area contributed by atoms with Crippen LogP contribution in [-0.4, -0.2) is 33.8 Å². The molecule has 0 amide bonds. The van der Waals surface area contributed by atoms with Gasteiger partial charge in [-0.2, -0.15) is 0 Å². The SMILES string of the molecule is Cc1cc(C)nc(O[C@H](C(=O)O)C(C)(OCCc2ccc(Cl)cc2)c2ccccc2)n1. The lowest BCUT2D eigenvalue weighted by Gasteiger charge is -2.35. The fourth-order valence-corrected chi connectivity index (χ4v) is 3.49. The molecule has 1 aromatic heterocycles. The van der Waals surface area contributed by atoms with Gasteiger partial charge in [-0.25, -0.2) is 14.8 Å². The number of hydrogen-bond acceptors (Lipinski definition) is 5. The first-order valence-corrected chi connectivity index (χ1v) is 10.3. The average Bonchev–Trinajstić information content (AvgIpc) is 2.73. The van der Waals surface area contributed by atoms with E-state index in [2.05, 4.69) is 9.97 Å².